The first-order chi connectivity index (χ1) is 7.38. The maximum Gasteiger partial charge on any atom is 0.214 e. The van der Waals surface area contributed by atoms with Crippen molar-refractivity contribution in [2.45, 2.75) is 25.3 Å². The number of nitrogens with zero attached hydrogens (tertiary/aromatic N) is 1. The lowest BCUT2D eigenvalue weighted by molar-refractivity contribution is 0.398. The number of hydrogen-bond donors (Lipinski definition) is 1. The van der Waals surface area contributed by atoms with Crippen LogP contribution in [0.25, 0.3) is 0 Å². The predicted molar refractivity (Wildman–Crippen MR) is 61.2 cm³/mol. The van der Waals surface area contributed by atoms with E-state index >= 15 is 0 Å². The first-order valence-electron chi connectivity index (χ1n) is 5.31. The normalized spacial score (nSPS) is 19.9. The molecule has 3 nitrogen and oxygen atoms in total. The van der Waals surface area contributed by atoms with Crippen LogP contribution in [-0.2, 0) is 0 Å². The molecule has 1 unspecified atom stereocenters. The monoisotopic (exact) mass is 204 g/mol. The van der Waals surface area contributed by atoms with Gasteiger partial charge in [0.2, 0.25) is 5.88 Å². The van der Waals surface area contributed by atoms with Gasteiger partial charge in [0, 0.05) is 12.1 Å². The maximum absolute atomic E-state index is 5.08. The summed E-state index contributed by atoms with van der Waals surface area (Å²) in [5.41, 5.74) is 0. The highest BCUT2D eigenvalue weighted by Gasteiger charge is 2.09. The van der Waals surface area contributed by atoms with E-state index < -0.39 is 0 Å². The van der Waals surface area contributed by atoms with Crippen molar-refractivity contribution in [3.63, 3.8) is 0 Å². The fraction of sp³-hybridized carbons (Fsp3) is 0.417. The summed E-state index contributed by atoms with van der Waals surface area (Å²) < 4.78 is 5.08. The van der Waals surface area contributed by atoms with Gasteiger partial charge >= 0.3 is 0 Å². The van der Waals surface area contributed by atoms with Crippen molar-refractivity contribution >= 4 is 5.82 Å². The average molecular weight is 204 g/mol. The second-order valence-electron chi connectivity index (χ2n) is 3.69. The van der Waals surface area contributed by atoms with E-state index in [2.05, 4.69) is 22.5 Å². The molecule has 2 rings (SSSR count). The van der Waals surface area contributed by atoms with Crippen molar-refractivity contribution in [2.24, 2.45) is 0 Å². The molecule has 0 radical (unpaired) electrons. The lowest BCUT2D eigenvalue weighted by atomic mass is 10.0. The molecule has 15 heavy (non-hydrogen) atoms. The Bertz CT molecular complexity index is 349. The highest BCUT2D eigenvalue weighted by atomic mass is 16.5. The molecular formula is C12H16N2O. The molecule has 0 fully saturated rings. The summed E-state index contributed by atoms with van der Waals surface area (Å²) in [7, 11) is 1.63. The van der Waals surface area contributed by atoms with Crippen LogP contribution in [0.1, 0.15) is 19.3 Å². The SMILES string of the molecule is COc1cccc(NC2CC=CCC2)n1. The van der Waals surface area contributed by atoms with Crippen LogP contribution in [0.3, 0.4) is 0 Å². The number of aromatic nitrogens is 1. The molecule has 0 bridgehead atoms. The summed E-state index contributed by atoms with van der Waals surface area (Å²) in [6, 6.07) is 6.29. The fourth-order valence-electron chi connectivity index (χ4n) is 1.74. The molecule has 3 heteroatoms. The lowest BCUT2D eigenvalue weighted by Crippen LogP contribution is -2.20. The Labute approximate surface area is 90.2 Å². The summed E-state index contributed by atoms with van der Waals surface area (Å²) in [6.45, 7) is 0. The van der Waals surface area contributed by atoms with Crippen LogP contribution in [-0.4, -0.2) is 18.1 Å². The standard InChI is InChI=1S/C12H16N2O/c1-15-12-9-5-8-11(14-12)13-10-6-3-2-4-7-10/h2-3,5,8-10H,4,6-7H2,1H3,(H,13,14). The number of hydrogen-bond acceptors (Lipinski definition) is 3. The molecule has 1 heterocycles. The Balaban J connectivity index is 2.00. The second kappa shape index (κ2) is 4.82. The number of rotatable bonds is 3. The smallest absolute Gasteiger partial charge is 0.214 e. The van der Waals surface area contributed by atoms with Crippen LogP contribution in [0.2, 0.25) is 0 Å². The minimum atomic E-state index is 0.509. The summed E-state index contributed by atoms with van der Waals surface area (Å²) in [5.74, 6) is 1.56. The fourth-order valence-corrected chi connectivity index (χ4v) is 1.74. The van der Waals surface area contributed by atoms with Gasteiger partial charge in [-0.2, -0.15) is 4.98 Å². The van der Waals surface area contributed by atoms with Gasteiger partial charge in [-0.3, -0.25) is 0 Å². The van der Waals surface area contributed by atoms with E-state index in [1.165, 1.54) is 6.42 Å². The van der Waals surface area contributed by atoms with E-state index in [0.29, 0.717) is 11.9 Å². The molecule has 0 saturated heterocycles. The molecule has 1 aromatic rings. The molecule has 0 spiro atoms. The number of anilines is 1. The predicted octanol–water partition coefficient (Wildman–Crippen LogP) is 2.61. The highest BCUT2D eigenvalue weighted by Crippen LogP contribution is 2.17. The molecule has 1 N–H and O–H groups in total. The Morgan fingerprint density at radius 3 is 3.07 bits per heavy atom. The summed E-state index contributed by atoms with van der Waals surface area (Å²) in [4.78, 5) is 4.33. The average Bonchev–Trinajstić information content (AvgIpc) is 2.31. The lowest BCUT2D eigenvalue weighted by Gasteiger charge is -2.19. The Morgan fingerprint density at radius 1 is 1.40 bits per heavy atom. The van der Waals surface area contributed by atoms with Crippen molar-refractivity contribution in [3.05, 3.63) is 30.4 Å². The van der Waals surface area contributed by atoms with Gasteiger partial charge in [0.05, 0.1) is 7.11 Å². The van der Waals surface area contributed by atoms with Crippen LogP contribution in [0, 0.1) is 0 Å². The van der Waals surface area contributed by atoms with Gasteiger partial charge < -0.3 is 10.1 Å². The van der Waals surface area contributed by atoms with Crippen LogP contribution in [0.5, 0.6) is 5.88 Å². The van der Waals surface area contributed by atoms with Gasteiger partial charge in [0.25, 0.3) is 0 Å². The van der Waals surface area contributed by atoms with Crippen LogP contribution < -0.4 is 10.1 Å². The minimum Gasteiger partial charge on any atom is -0.481 e. The van der Waals surface area contributed by atoms with Crippen LogP contribution >= 0.6 is 0 Å². The number of pyridine rings is 1. The Hall–Kier alpha value is -1.51. The molecule has 1 atom stereocenters. The van der Waals surface area contributed by atoms with Crippen molar-refractivity contribution in [3.8, 4) is 5.88 Å². The molecule has 1 aliphatic rings. The van der Waals surface area contributed by atoms with Crippen LogP contribution in [0.15, 0.2) is 30.4 Å². The zero-order valence-corrected chi connectivity index (χ0v) is 8.94. The van der Waals surface area contributed by atoms with Crippen molar-refractivity contribution in [1.82, 2.24) is 4.98 Å². The molecule has 0 aliphatic heterocycles. The van der Waals surface area contributed by atoms with E-state index in [-0.39, 0.29) is 0 Å². The first kappa shape index (κ1) is 10.0. The van der Waals surface area contributed by atoms with E-state index in [1.807, 2.05) is 18.2 Å². The Kier molecular flexibility index (Phi) is 3.22. The molecular weight excluding hydrogens is 188 g/mol. The van der Waals surface area contributed by atoms with Gasteiger partial charge in [-0.1, -0.05) is 18.2 Å². The van der Waals surface area contributed by atoms with Gasteiger partial charge in [-0.15, -0.1) is 0 Å². The van der Waals surface area contributed by atoms with Gasteiger partial charge in [-0.05, 0) is 25.3 Å². The summed E-state index contributed by atoms with van der Waals surface area (Å²) in [6.07, 6.45) is 7.87. The number of methoxy groups -OCH3 is 1. The summed E-state index contributed by atoms with van der Waals surface area (Å²) >= 11 is 0. The number of nitrogens with one attached hydrogen (secondary N) is 1. The Morgan fingerprint density at radius 2 is 2.33 bits per heavy atom. The largest absolute Gasteiger partial charge is 0.481 e. The van der Waals surface area contributed by atoms with Gasteiger partial charge in [0.1, 0.15) is 5.82 Å². The van der Waals surface area contributed by atoms with Crippen molar-refractivity contribution in [1.29, 1.82) is 0 Å². The third-order valence-electron chi connectivity index (χ3n) is 2.55. The zero-order valence-electron chi connectivity index (χ0n) is 8.94. The highest BCUT2D eigenvalue weighted by molar-refractivity contribution is 5.38. The van der Waals surface area contributed by atoms with E-state index in [1.54, 1.807) is 7.11 Å². The van der Waals surface area contributed by atoms with Crippen LogP contribution in [0.4, 0.5) is 5.82 Å². The molecule has 0 aromatic carbocycles. The number of allylic oxidation sites excluding steroid dienone is 1. The molecule has 0 amide bonds. The quantitative estimate of drug-likeness (QED) is 0.768. The first-order valence-corrected chi connectivity index (χ1v) is 5.31. The minimum absolute atomic E-state index is 0.509. The van der Waals surface area contributed by atoms with Gasteiger partial charge in [0.15, 0.2) is 0 Å². The van der Waals surface area contributed by atoms with E-state index in [0.717, 1.165) is 18.7 Å². The maximum atomic E-state index is 5.08. The molecule has 1 aromatic heterocycles. The summed E-state index contributed by atoms with van der Waals surface area (Å²) in [5, 5.41) is 3.41. The second-order valence-corrected chi connectivity index (χ2v) is 3.69. The molecule has 0 saturated carbocycles. The van der Waals surface area contributed by atoms with Crippen molar-refractivity contribution < 1.29 is 4.74 Å². The number of ether oxygens (including phenoxy) is 1. The zero-order chi connectivity index (χ0) is 10.5. The molecule has 80 valence electrons. The topological polar surface area (TPSA) is 34.1 Å². The third-order valence-corrected chi connectivity index (χ3v) is 2.55. The van der Waals surface area contributed by atoms with E-state index in [4.69, 9.17) is 4.74 Å². The van der Waals surface area contributed by atoms with Gasteiger partial charge in [-0.25, -0.2) is 0 Å². The third kappa shape index (κ3) is 2.72. The van der Waals surface area contributed by atoms with E-state index in [9.17, 15) is 0 Å². The molecule has 1 aliphatic carbocycles. The van der Waals surface area contributed by atoms with Crippen molar-refractivity contribution in [2.75, 3.05) is 12.4 Å².